The van der Waals surface area contributed by atoms with Crippen LogP contribution in [0.4, 0.5) is 0 Å². The molecule has 100 valence electrons. The van der Waals surface area contributed by atoms with Crippen LogP contribution in [-0.4, -0.2) is 20.0 Å². The summed E-state index contributed by atoms with van der Waals surface area (Å²) in [6.45, 7) is 3.89. The fraction of sp³-hybridized carbons (Fsp3) is 0.235. The Labute approximate surface area is 115 Å². The van der Waals surface area contributed by atoms with Gasteiger partial charge in [0.2, 0.25) is 0 Å². The van der Waals surface area contributed by atoms with Crippen LogP contribution in [0.25, 0.3) is 0 Å². The van der Waals surface area contributed by atoms with Gasteiger partial charge in [0.1, 0.15) is 0 Å². The molecule has 2 heteroatoms. The third-order valence-electron chi connectivity index (χ3n) is 2.65. The topological polar surface area (TPSA) is 26.3 Å². The van der Waals surface area contributed by atoms with Crippen LogP contribution >= 0.6 is 0 Å². The standard InChI is InChI=1S/C15H14O.C2H6O/c1-12(13-8-4-2-5-9-13)15(16)14-10-6-3-7-11-14;1-3-2/h3-4,6-11H,1-2,5H2;1-2H3. The number of carbonyl (C=O) groups excluding carboxylic acids is 1. The third kappa shape index (κ3) is 4.68. The maximum absolute atomic E-state index is 12.1. The monoisotopic (exact) mass is 256 g/mol. The largest absolute Gasteiger partial charge is 0.388 e. The summed E-state index contributed by atoms with van der Waals surface area (Å²) in [7, 11) is 3.25. The molecule has 1 aromatic carbocycles. The molecule has 0 saturated carbocycles. The van der Waals surface area contributed by atoms with Gasteiger partial charge in [-0.05, 0) is 18.4 Å². The van der Waals surface area contributed by atoms with E-state index in [1.54, 1.807) is 14.2 Å². The molecule has 19 heavy (non-hydrogen) atoms. The summed E-state index contributed by atoms with van der Waals surface area (Å²) in [5, 5.41) is 0. The average Bonchev–Trinajstić information content (AvgIpc) is 2.48. The van der Waals surface area contributed by atoms with Crippen LogP contribution in [0.5, 0.6) is 0 Å². The molecule has 0 atom stereocenters. The molecule has 0 bridgehead atoms. The number of Topliss-reactive ketones (excluding diaryl/α,β-unsaturated/α-hetero) is 1. The van der Waals surface area contributed by atoms with Crippen molar-refractivity contribution in [3.63, 3.8) is 0 Å². The van der Waals surface area contributed by atoms with Crippen LogP contribution in [-0.2, 0) is 4.74 Å². The van der Waals surface area contributed by atoms with E-state index >= 15 is 0 Å². The van der Waals surface area contributed by atoms with E-state index in [1.807, 2.05) is 36.4 Å². The minimum atomic E-state index is 0.0124. The second-order valence-electron chi connectivity index (χ2n) is 4.22. The highest BCUT2D eigenvalue weighted by atomic mass is 16.4. The molecule has 0 radical (unpaired) electrons. The van der Waals surface area contributed by atoms with E-state index in [4.69, 9.17) is 0 Å². The van der Waals surface area contributed by atoms with E-state index in [2.05, 4.69) is 23.5 Å². The molecular weight excluding hydrogens is 236 g/mol. The zero-order valence-electron chi connectivity index (χ0n) is 11.6. The lowest BCUT2D eigenvalue weighted by atomic mass is 9.94. The minimum Gasteiger partial charge on any atom is -0.388 e. The van der Waals surface area contributed by atoms with Gasteiger partial charge in [0.05, 0.1) is 0 Å². The van der Waals surface area contributed by atoms with Crippen molar-refractivity contribution >= 4 is 5.78 Å². The smallest absolute Gasteiger partial charge is 0.193 e. The Bertz CT molecular complexity index is 481. The second-order valence-corrected chi connectivity index (χ2v) is 4.22. The maximum Gasteiger partial charge on any atom is 0.193 e. The van der Waals surface area contributed by atoms with Crippen molar-refractivity contribution in [1.29, 1.82) is 0 Å². The van der Waals surface area contributed by atoms with Gasteiger partial charge in [-0.1, -0.05) is 55.1 Å². The molecule has 0 spiro atoms. The lowest BCUT2D eigenvalue weighted by Crippen LogP contribution is -2.04. The van der Waals surface area contributed by atoms with E-state index in [0.29, 0.717) is 11.1 Å². The SMILES string of the molecule is C=C(C(=O)c1ccccc1)C1=CCCC=C1.COC. The van der Waals surface area contributed by atoms with Gasteiger partial charge in [0.15, 0.2) is 5.78 Å². The van der Waals surface area contributed by atoms with E-state index in [9.17, 15) is 4.79 Å². The van der Waals surface area contributed by atoms with Gasteiger partial charge in [-0.3, -0.25) is 4.79 Å². The fourth-order valence-electron chi connectivity index (χ4n) is 1.73. The van der Waals surface area contributed by atoms with Crippen LogP contribution in [0, 0.1) is 0 Å². The molecule has 0 fully saturated rings. The fourth-order valence-corrected chi connectivity index (χ4v) is 1.73. The van der Waals surface area contributed by atoms with Crippen LogP contribution in [0.15, 0.2) is 66.3 Å². The summed E-state index contributed by atoms with van der Waals surface area (Å²) in [5.74, 6) is 0.0124. The Morgan fingerprint density at radius 3 is 2.32 bits per heavy atom. The van der Waals surface area contributed by atoms with Crippen LogP contribution in [0.2, 0.25) is 0 Å². The minimum absolute atomic E-state index is 0.0124. The highest BCUT2D eigenvalue weighted by Crippen LogP contribution is 2.20. The Balaban J connectivity index is 0.000000550. The van der Waals surface area contributed by atoms with Crippen molar-refractivity contribution in [3.05, 3.63) is 71.8 Å². The molecule has 0 saturated heterocycles. The number of hydrogen-bond donors (Lipinski definition) is 0. The first-order valence-electron chi connectivity index (χ1n) is 6.26. The third-order valence-corrected chi connectivity index (χ3v) is 2.65. The molecule has 0 aliphatic heterocycles. The van der Waals surface area contributed by atoms with Gasteiger partial charge in [0, 0.05) is 25.4 Å². The molecule has 0 aromatic heterocycles. The molecule has 0 unspecified atom stereocenters. The molecule has 1 aromatic rings. The first-order valence-corrected chi connectivity index (χ1v) is 6.26. The van der Waals surface area contributed by atoms with E-state index < -0.39 is 0 Å². The highest BCUT2D eigenvalue weighted by molar-refractivity contribution is 6.11. The van der Waals surface area contributed by atoms with Crippen LogP contribution in [0.1, 0.15) is 23.2 Å². The average molecular weight is 256 g/mol. The molecule has 2 nitrogen and oxygen atoms in total. The van der Waals surface area contributed by atoms with Crippen LogP contribution in [0.3, 0.4) is 0 Å². The molecule has 0 heterocycles. The quantitative estimate of drug-likeness (QED) is 0.604. The normalized spacial score (nSPS) is 13.1. The lowest BCUT2D eigenvalue weighted by molar-refractivity contribution is 0.103. The molecule has 0 amide bonds. The van der Waals surface area contributed by atoms with Crippen LogP contribution < -0.4 is 0 Å². The molecule has 2 rings (SSSR count). The molecule has 1 aliphatic rings. The molecule has 0 N–H and O–H groups in total. The predicted octanol–water partition coefficient (Wildman–Crippen LogP) is 3.96. The highest BCUT2D eigenvalue weighted by Gasteiger charge is 2.12. The molecular formula is C17H20O2. The summed E-state index contributed by atoms with van der Waals surface area (Å²) in [6.07, 6.45) is 8.18. The number of ketones is 1. The summed E-state index contributed by atoms with van der Waals surface area (Å²) < 4.78 is 4.25. The molecule has 1 aliphatic carbocycles. The summed E-state index contributed by atoms with van der Waals surface area (Å²) in [5.41, 5.74) is 2.25. The number of methoxy groups -OCH3 is 1. The number of allylic oxidation sites excluding steroid dienone is 5. The first kappa shape index (κ1) is 15.1. The van der Waals surface area contributed by atoms with Gasteiger partial charge in [-0.2, -0.15) is 0 Å². The predicted molar refractivity (Wildman–Crippen MR) is 79.3 cm³/mol. The van der Waals surface area contributed by atoms with Crippen molar-refractivity contribution in [2.45, 2.75) is 12.8 Å². The summed E-state index contributed by atoms with van der Waals surface area (Å²) in [4.78, 5) is 12.1. The Hall–Kier alpha value is -1.93. The lowest BCUT2D eigenvalue weighted by Gasteiger charge is -2.09. The van der Waals surface area contributed by atoms with E-state index in [0.717, 1.165) is 18.4 Å². The Morgan fingerprint density at radius 2 is 1.79 bits per heavy atom. The second kappa shape index (κ2) is 8.22. The number of ether oxygens (including phenoxy) is 1. The van der Waals surface area contributed by atoms with Crippen molar-refractivity contribution in [2.24, 2.45) is 0 Å². The van der Waals surface area contributed by atoms with Crippen molar-refractivity contribution in [1.82, 2.24) is 0 Å². The van der Waals surface area contributed by atoms with Gasteiger partial charge in [-0.25, -0.2) is 0 Å². The van der Waals surface area contributed by atoms with Crippen molar-refractivity contribution < 1.29 is 9.53 Å². The Morgan fingerprint density at radius 1 is 1.16 bits per heavy atom. The Kier molecular flexibility index (Phi) is 6.55. The first-order chi connectivity index (χ1) is 9.20. The number of benzene rings is 1. The van der Waals surface area contributed by atoms with E-state index in [-0.39, 0.29) is 5.78 Å². The van der Waals surface area contributed by atoms with Crippen molar-refractivity contribution in [3.8, 4) is 0 Å². The van der Waals surface area contributed by atoms with Gasteiger partial charge in [0.25, 0.3) is 0 Å². The summed E-state index contributed by atoms with van der Waals surface area (Å²) >= 11 is 0. The van der Waals surface area contributed by atoms with E-state index in [1.165, 1.54) is 0 Å². The number of carbonyl (C=O) groups is 1. The summed E-state index contributed by atoms with van der Waals surface area (Å²) in [6, 6.07) is 9.28. The van der Waals surface area contributed by atoms with Gasteiger partial charge >= 0.3 is 0 Å². The zero-order valence-corrected chi connectivity index (χ0v) is 11.6. The maximum atomic E-state index is 12.1. The zero-order chi connectivity index (χ0) is 14.1. The van der Waals surface area contributed by atoms with Crippen molar-refractivity contribution in [2.75, 3.05) is 14.2 Å². The number of hydrogen-bond acceptors (Lipinski definition) is 2. The number of rotatable bonds is 3. The van der Waals surface area contributed by atoms with Gasteiger partial charge in [-0.15, -0.1) is 0 Å². The van der Waals surface area contributed by atoms with Gasteiger partial charge < -0.3 is 4.74 Å².